The van der Waals surface area contributed by atoms with E-state index in [0.717, 1.165) is 16.3 Å². The first kappa shape index (κ1) is 18.1. The minimum atomic E-state index is -3.46. The molecule has 0 fully saturated rings. The van der Waals surface area contributed by atoms with Gasteiger partial charge in [0.1, 0.15) is 0 Å². The molecule has 1 N–H and O–H groups in total. The Morgan fingerprint density at radius 2 is 1.62 bits per heavy atom. The Hall–Kier alpha value is -2.66. The summed E-state index contributed by atoms with van der Waals surface area (Å²) < 4.78 is 24.5. The first-order valence-electron chi connectivity index (χ1n) is 8.53. The molecule has 1 amide bonds. The largest absolute Gasteiger partial charge is 0.345 e. The Morgan fingerprint density at radius 1 is 0.962 bits per heavy atom. The Balaban J connectivity index is 1.88. The molecule has 0 aliphatic heterocycles. The van der Waals surface area contributed by atoms with Gasteiger partial charge in [-0.15, -0.1) is 0 Å². The number of rotatable bonds is 5. The average Bonchev–Trinajstić information content (AvgIpc) is 2.67. The Kier molecular flexibility index (Phi) is 5.09. The number of amides is 1. The van der Waals surface area contributed by atoms with Crippen LogP contribution in [0.3, 0.4) is 0 Å². The number of fused-ring (bicyclic) bond motifs is 1. The lowest BCUT2D eigenvalue weighted by molar-refractivity contribution is 0.0936. The number of nitrogens with one attached hydrogen (secondary N) is 1. The molecule has 5 heteroatoms. The second-order valence-corrected chi connectivity index (χ2v) is 8.45. The summed E-state index contributed by atoms with van der Waals surface area (Å²) in [6.07, 6.45) is 0. The molecular weight excluding hydrogens is 346 g/mol. The van der Waals surface area contributed by atoms with Gasteiger partial charge in [-0.25, -0.2) is 8.42 Å². The molecule has 0 aromatic heterocycles. The maximum absolute atomic E-state index is 12.7. The third-order valence-corrected chi connectivity index (χ3v) is 6.25. The summed E-state index contributed by atoms with van der Waals surface area (Å²) in [7, 11) is -3.46. The quantitative estimate of drug-likeness (QED) is 0.738. The van der Waals surface area contributed by atoms with Crippen LogP contribution in [0, 0.1) is 0 Å². The number of benzene rings is 3. The fourth-order valence-corrected chi connectivity index (χ4v) is 4.01. The summed E-state index contributed by atoms with van der Waals surface area (Å²) in [5.41, 5.74) is 1.15. The van der Waals surface area contributed by atoms with Crippen LogP contribution in [0.1, 0.15) is 35.8 Å². The van der Waals surface area contributed by atoms with Gasteiger partial charge in [-0.1, -0.05) is 55.5 Å². The van der Waals surface area contributed by atoms with Gasteiger partial charge in [-0.3, -0.25) is 4.79 Å². The van der Waals surface area contributed by atoms with Crippen molar-refractivity contribution in [3.63, 3.8) is 0 Å². The third-order valence-electron chi connectivity index (χ3n) is 4.47. The van der Waals surface area contributed by atoms with E-state index in [4.69, 9.17) is 0 Å². The molecule has 0 saturated heterocycles. The zero-order valence-corrected chi connectivity index (χ0v) is 15.6. The van der Waals surface area contributed by atoms with Crippen molar-refractivity contribution in [1.82, 2.24) is 5.32 Å². The molecule has 0 saturated carbocycles. The van der Waals surface area contributed by atoms with Gasteiger partial charge in [-0.05, 0) is 41.5 Å². The summed E-state index contributed by atoms with van der Waals surface area (Å²) in [6, 6.07) is 20.1. The maximum atomic E-state index is 12.7. The highest BCUT2D eigenvalue weighted by Gasteiger charge is 2.21. The summed E-state index contributed by atoms with van der Waals surface area (Å²) >= 11 is 0. The highest BCUT2D eigenvalue weighted by atomic mass is 32.2. The van der Waals surface area contributed by atoms with E-state index in [1.807, 2.05) is 49.4 Å². The number of carbonyl (C=O) groups is 1. The average molecular weight is 367 g/mol. The first-order valence-corrected chi connectivity index (χ1v) is 10.2. The molecule has 0 aliphatic rings. The first-order chi connectivity index (χ1) is 12.4. The van der Waals surface area contributed by atoms with Crippen LogP contribution in [0.2, 0.25) is 0 Å². The predicted octanol–water partition coefficient (Wildman–Crippen LogP) is 4.12. The Labute approximate surface area is 153 Å². The van der Waals surface area contributed by atoms with E-state index in [1.54, 1.807) is 25.1 Å². The Bertz CT molecular complexity index is 1060. The molecule has 0 radical (unpaired) electrons. The second kappa shape index (κ2) is 7.30. The van der Waals surface area contributed by atoms with Gasteiger partial charge < -0.3 is 5.32 Å². The fraction of sp³-hybridized carbons (Fsp3) is 0.190. The summed E-state index contributed by atoms with van der Waals surface area (Å²) in [6.45, 7) is 3.46. The smallest absolute Gasteiger partial charge is 0.253 e. The van der Waals surface area contributed by atoms with Crippen LogP contribution in [0.5, 0.6) is 0 Å². The van der Waals surface area contributed by atoms with E-state index in [9.17, 15) is 13.2 Å². The molecule has 1 unspecified atom stereocenters. The standard InChI is InChI=1S/C21H21NO3S/c1-3-26(24,25)20-11-7-6-10-19(20)21(23)22-15(2)17-13-12-16-8-4-5-9-18(16)14-17/h4-15H,3H2,1-2H3,(H,22,23). The van der Waals surface area contributed by atoms with Gasteiger partial charge in [0, 0.05) is 0 Å². The second-order valence-electron chi connectivity index (χ2n) is 6.20. The molecule has 0 bridgehead atoms. The number of hydrogen-bond donors (Lipinski definition) is 1. The molecule has 1 atom stereocenters. The van der Waals surface area contributed by atoms with Crippen LogP contribution in [0.15, 0.2) is 71.6 Å². The van der Waals surface area contributed by atoms with Crippen molar-refractivity contribution in [3.05, 3.63) is 77.9 Å². The van der Waals surface area contributed by atoms with E-state index in [0.29, 0.717) is 0 Å². The molecular formula is C21H21NO3S. The lowest BCUT2D eigenvalue weighted by Gasteiger charge is -2.16. The van der Waals surface area contributed by atoms with Crippen LogP contribution in [0.4, 0.5) is 0 Å². The highest BCUT2D eigenvalue weighted by molar-refractivity contribution is 7.91. The van der Waals surface area contributed by atoms with E-state index >= 15 is 0 Å². The van der Waals surface area contributed by atoms with E-state index in [2.05, 4.69) is 5.32 Å². The number of hydrogen-bond acceptors (Lipinski definition) is 3. The monoisotopic (exact) mass is 367 g/mol. The lowest BCUT2D eigenvalue weighted by Crippen LogP contribution is -2.28. The van der Waals surface area contributed by atoms with E-state index in [1.165, 1.54) is 6.07 Å². The van der Waals surface area contributed by atoms with Gasteiger partial charge in [0.15, 0.2) is 9.84 Å². The van der Waals surface area contributed by atoms with Crippen molar-refractivity contribution in [2.75, 3.05) is 5.75 Å². The van der Waals surface area contributed by atoms with Gasteiger partial charge in [-0.2, -0.15) is 0 Å². The van der Waals surface area contributed by atoms with Crippen LogP contribution in [-0.4, -0.2) is 20.1 Å². The van der Waals surface area contributed by atoms with Crippen LogP contribution in [-0.2, 0) is 9.84 Å². The zero-order chi connectivity index (χ0) is 18.7. The van der Waals surface area contributed by atoms with Crippen LogP contribution in [0.25, 0.3) is 10.8 Å². The number of carbonyl (C=O) groups excluding carboxylic acids is 1. The van der Waals surface area contributed by atoms with Crippen molar-refractivity contribution in [3.8, 4) is 0 Å². The van der Waals surface area contributed by atoms with Crippen molar-refractivity contribution in [2.24, 2.45) is 0 Å². The molecule has 0 aliphatic carbocycles. The SMILES string of the molecule is CCS(=O)(=O)c1ccccc1C(=O)NC(C)c1ccc2ccccc2c1. The van der Waals surface area contributed by atoms with Crippen molar-refractivity contribution in [1.29, 1.82) is 0 Å². The third kappa shape index (κ3) is 3.63. The van der Waals surface area contributed by atoms with Gasteiger partial charge in [0.05, 0.1) is 22.3 Å². The van der Waals surface area contributed by atoms with Crippen molar-refractivity contribution < 1.29 is 13.2 Å². The molecule has 3 aromatic rings. The summed E-state index contributed by atoms with van der Waals surface area (Å²) in [4.78, 5) is 12.8. The maximum Gasteiger partial charge on any atom is 0.253 e. The van der Waals surface area contributed by atoms with E-state index < -0.39 is 15.7 Å². The minimum absolute atomic E-state index is 0.0441. The lowest BCUT2D eigenvalue weighted by atomic mass is 10.0. The summed E-state index contributed by atoms with van der Waals surface area (Å²) in [5.74, 6) is -0.435. The molecule has 3 aromatic carbocycles. The highest BCUT2D eigenvalue weighted by Crippen LogP contribution is 2.22. The van der Waals surface area contributed by atoms with Crippen LogP contribution < -0.4 is 5.32 Å². The van der Waals surface area contributed by atoms with Crippen LogP contribution >= 0.6 is 0 Å². The Morgan fingerprint density at radius 3 is 2.35 bits per heavy atom. The molecule has 4 nitrogen and oxygen atoms in total. The molecule has 134 valence electrons. The summed E-state index contributed by atoms with van der Waals surface area (Å²) in [5, 5.41) is 5.14. The molecule has 0 spiro atoms. The topological polar surface area (TPSA) is 63.2 Å². The van der Waals surface area contributed by atoms with Gasteiger partial charge >= 0.3 is 0 Å². The zero-order valence-electron chi connectivity index (χ0n) is 14.8. The van der Waals surface area contributed by atoms with Crippen molar-refractivity contribution in [2.45, 2.75) is 24.8 Å². The van der Waals surface area contributed by atoms with E-state index in [-0.39, 0.29) is 22.3 Å². The molecule has 26 heavy (non-hydrogen) atoms. The molecule has 0 heterocycles. The normalized spacial score (nSPS) is 12.7. The molecule has 3 rings (SSSR count). The van der Waals surface area contributed by atoms with Gasteiger partial charge in [0.25, 0.3) is 5.91 Å². The fourth-order valence-electron chi connectivity index (χ4n) is 2.92. The van der Waals surface area contributed by atoms with Gasteiger partial charge in [0.2, 0.25) is 0 Å². The predicted molar refractivity (Wildman–Crippen MR) is 104 cm³/mol. The minimum Gasteiger partial charge on any atom is -0.345 e. The number of sulfone groups is 1. The van der Waals surface area contributed by atoms with Crippen molar-refractivity contribution >= 4 is 26.5 Å².